The molecule has 0 saturated carbocycles. The molecule has 2 rings (SSSR count). The molecule has 0 heterocycles. The number of carbonyl (C=O) groups excluding carboxylic acids is 2. The molecule has 0 aliphatic rings. The smallest absolute Gasteiger partial charge is 0.310 e. The maximum atomic E-state index is 13.4. The fourth-order valence-electron chi connectivity index (χ4n) is 1.90. The molecule has 2 aromatic carbocycles. The number of para-hydroxylation sites is 1. The van der Waals surface area contributed by atoms with Crippen LogP contribution in [0, 0.1) is 5.82 Å². The largest absolute Gasteiger partial charge is 0.497 e. The average Bonchev–Trinajstić information content (AvgIpc) is 2.55. The minimum Gasteiger partial charge on any atom is -0.497 e. The van der Waals surface area contributed by atoms with E-state index in [1.807, 2.05) is 0 Å². The molecule has 0 saturated heterocycles. The first-order valence-electron chi connectivity index (χ1n) is 6.91. The average molecular weight is 317 g/mol. The lowest BCUT2D eigenvalue weighted by molar-refractivity contribution is -0.146. The van der Waals surface area contributed by atoms with E-state index in [4.69, 9.17) is 9.47 Å². The molecule has 0 fully saturated rings. The van der Waals surface area contributed by atoms with Crippen LogP contribution in [-0.4, -0.2) is 25.6 Å². The van der Waals surface area contributed by atoms with E-state index < -0.39 is 24.3 Å². The van der Waals surface area contributed by atoms with Gasteiger partial charge in [-0.25, -0.2) is 4.39 Å². The Bertz CT molecular complexity index is 702. The first-order valence-corrected chi connectivity index (χ1v) is 6.91. The van der Waals surface area contributed by atoms with Gasteiger partial charge in [0, 0.05) is 0 Å². The first kappa shape index (κ1) is 16.5. The summed E-state index contributed by atoms with van der Waals surface area (Å²) in [5.41, 5.74) is 0.755. The molecular weight excluding hydrogens is 301 g/mol. The Labute approximate surface area is 133 Å². The van der Waals surface area contributed by atoms with Crippen molar-refractivity contribution in [3.8, 4) is 5.75 Å². The van der Waals surface area contributed by atoms with Crippen LogP contribution in [0.25, 0.3) is 0 Å². The maximum absolute atomic E-state index is 13.4. The molecule has 0 spiro atoms. The lowest BCUT2D eigenvalue weighted by Crippen LogP contribution is -2.22. The standard InChI is InChI=1S/C17H16FNO4/c1-22-13-6-4-5-12(9-13)10-17(21)23-11-16(20)19-15-8-3-2-7-14(15)18/h2-9H,10-11H2,1H3,(H,19,20). The normalized spacial score (nSPS) is 10.0. The number of ether oxygens (including phenoxy) is 2. The van der Waals surface area contributed by atoms with Gasteiger partial charge in [-0.15, -0.1) is 0 Å². The quantitative estimate of drug-likeness (QED) is 0.832. The summed E-state index contributed by atoms with van der Waals surface area (Å²) in [6, 6.07) is 12.7. The second kappa shape index (κ2) is 7.93. The number of hydrogen-bond donors (Lipinski definition) is 1. The van der Waals surface area contributed by atoms with Gasteiger partial charge >= 0.3 is 5.97 Å². The van der Waals surface area contributed by atoms with Crippen molar-refractivity contribution in [2.45, 2.75) is 6.42 Å². The van der Waals surface area contributed by atoms with E-state index >= 15 is 0 Å². The molecule has 0 atom stereocenters. The van der Waals surface area contributed by atoms with Crippen molar-refractivity contribution in [2.75, 3.05) is 19.0 Å². The number of halogens is 1. The minimum absolute atomic E-state index is 0.0180. The summed E-state index contributed by atoms with van der Waals surface area (Å²) in [7, 11) is 1.53. The summed E-state index contributed by atoms with van der Waals surface area (Å²) in [6.45, 7) is -0.475. The van der Waals surface area contributed by atoms with Crippen molar-refractivity contribution in [3.63, 3.8) is 0 Å². The van der Waals surface area contributed by atoms with E-state index in [9.17, 15) is 14.0 Å². The van der Waals surface area contributed by atoms with Crippen LogP contribution in [0.4, 0.5) is 10.1 Å². The van der Waals surface area contributed by atoms with Gasteiger partial charge in [-0.1, -0.05) is 24.3 Å². The van der Waals surface area contributed by atoms with E-state index in [-0.39, 0.29) is 12.1 Å². The third-order valence-electron chi connectivity index (χ3n) is 2.99. The molecule has 1 N–H and O–H groups in total. The van der Waals surface area contributed by atoms with Gasteiger partial charge in [0.25, 0.3) is 5.91 Å². The number of hydrogen-bond acceptors (Lipinski definition) is 4. The maximum Gasteiger partial charge on any atom is 0.310 e. The second-order valence-corrected chi connectivity index (χ2v) is 4.72. The minimum atomic E-state index is -0.603. The molecule has 5 nitrogen and oxygen atoms in total. The Morgan fingerprint density at radius 1 is 1.13 bits per heavy atom. The fraction of sp³-hybridized carbons (Fsp3) is 0.176. The van der Waals surface area contributed by atoms with Crippen LogP contribution >= 0.6 is 0 Å². The van der Waals surface area contributed by atoms with Crippen molar-refractivity contribution in [3.05, 3.63) is 59.9 Å². The Morgan fingerprint density at radius 2 is 1.91 bits per heavy atom. The molecule has 1 amide bonds. The summed E-state index contributed by atoms with van der Waals surface area (Å²) in [4.78, 5) is 23.4. The fourth-order valence-corrected chi connectivity index (χ4v) is 1.90. The van der Waals surface area contributed by atoms with Crippen molar-refractivity contribution >= 4 is 17.6 Å². The monoisotopic (exact) mass is 317 g/mol. The van der Waals surface area contributed by atoms with Gasteiger partial charge in [-0.05, 0) is 29.8 Å². The van der Waals surface area contributed by atoms with Crippen LogP contribution in [0.3, 0.4) is 0 Å². The highest BCUT2D eigenvalue weighted by Gasteiger charge is 2.11. The lowest BCUT2D eigenvalue weighted by atomic mass is 10.1. The zero-order chi connectivity index (χ0) is 16.7. The summed E-state index contributed by atoms with van der Waals surface area (Å²) in [6.07, 6.45) is 0.0180. The van der Waals surface area contributed by atoms with Crippen LogP contribution in [0.15, 0.2) is 48.5 Å². The number of benzene rings is 2. The first-order chi connectivity index (χ1) is 11.1. The highest BCUT2D eigenvalue weighted by atomic mass is 19.1. The van der Waals surface area contributed by atoms with Crippen LogP contribution in [0.2, 0.25) is 0 Å². The van der Waals surface area contributed by atoms with Gasteiger partial charge < -0.3 is 14.8 Å². The number of nitrogens with one attached hydrogen (secondary N) is 1. The van der Waals surface area contributed by atoms with Crippen LogP contribution in [-0.2, 0) is 20.7 Å². The SMILES string of the molecule is COc1cccc(CC(=O)OCC(=O)Nc2ccccc2F)c1. The number of carbonyl (C=O) groups is 2. The molecule has 2 aromatic rings. The Balaban J connectivity index is 1.82. The number of anilines is 1. The van der Waals surface area contributed by atoms with Gasteiger partial charge in [-0.3, -0.25) is 9.59 Å². The van der Waals surface area contributed by atoms with Crippen molar-refractivity contribution in [1.29, 1.82) is 0 Å². The number of esters is 1. The topological polar surface area (TPSA) is 64.6 Å². The number of rotatable bonds is 6. The van der Waals surface area contributed by atoms with Crippen molar-refractivity contribution in [1.82, 2.24) is 0 Å². The van der Waals surface area contributed by atoms with E-state index in [1.54, 1.807) is 30.3 Å². The van der Waals surface area contributed by atoms with Gasteiger partial charge in [0.2, 0.25) is 0 Å². The highest BCUT2D eigenvalue weighted by Crippen LogP contribution is 2.14. The molecule has 0 unspecified atom stereocenters. The Morgan fingerprint density at radius 3 is 2.65 bits per heavy atom. The zero-order valence-corrected chi connectivity index (χ0v) is 12.5. The van der Waals surface area contributed by atoms with Crippen LogP contribution in [0.5, 0.6) is 5.75 Å². The molecule has 0 bridgehead atoms. The summed E-state index contributed by atoms with van der Waals surface area (Å²) in [5.74, 6) is -1.08. The zero-order valence-electron chi connectivity index (χ0n) is 12.5. The van der Waals surface area contributed by atoms with Gasteiger partial charge in [0.15, 0.2) is 6.61 Å². The molecule has 0 aromatic heterocycles. The molecule has 120 valence electrons. The van der Waals surface area contributed by atoms with Crippen molar-refractivity contribution < 1.29 is 23.5 Å². The molecule has 0 radical (unpaired) electrons. The third kappa shape index (κ3) is 5.10. The highest BCUT2D eigenvalue weighted by molar-refractivity contribution is 5.93. The molecule has 23 heavy (non-hydrogen) atoms. The second-order valence-electron chi connectivity index (χ2n) is 4.72. The van der Waals surface area contributed by atoms with E-state index in [0.717, 1.165) is 0 Å². The van der Waals surface area contributed by atoms with E-state index in [1.165, 1.54) is 25.3 Å². The van der Waals surface area contributed by atoms with Gasteiger partial charge in [0.05, 0.1) is 19.2 Å². The Kier molecular flexibility index (Phi) is 5.68. The van der Waals surface area contributed by atoms with Crippen LogP contribution in [0.1, 0.15) is 5.56 Å². The Hall–Kier alpha value is -2.89. The van der Waals surface area contributed by atoms with Gasteiger partial charge in [0.1, 0.15) is 11.6 Å². The lowest BCUT2D eigenvalue weighted by Gasteiger charge is -2.08. The van der Waals surface area contributed by atoms with E-state index in [2.05, 4.69) is 5.32 Å². The van der Waals surface area contributed by atoms with E-state index in [0.29, 0.717) is 11.3 Å². The summed E-state index contributed by atoms with van der Waals surface area (Å²) in [5, 5.41) is 2.34. The molecular formula is C17H16FNO4. The van der Waals surface area contributed by atoms with Crippen LogP contribution < -0.4 is 10.1 Å². The third-order valence-corrected chi connectivity index (χ3v) is 2.99. The number of amides is 1. The summed E-state index contributed by atoms with van der Waals surface area (Å²) < 4.78 is 23.3. The summed E-state index contributed by atoms with van der Waals surface area (Å²) >= 11 is 0. The van der Waals surface area contributed by atoms with Crippen molar-refractivity contribution in [2.24, 2.45) is 0 Å². The van der Waals surface area contributed by atoms with Gasteiger partial charge in [-0.2, -0.15) is 0 Å². The molecule has 0 aliphatic carbocycles. The molecule has 0 aliphatic heterocycles. The number of methoxy groups -OCH3 is 1. The molecule has 6 heteroatoms. The predicted molar refractivity (Wildman–Crippen MR) is 82.7 cm³/mol. The predicted octanol–water partition coefficient (Wildman–Crippen LogP) is 2.56.